The number of anilines is 2. The third kappa shape index (κ3) is 4.69. The lowest BCUT2D eigenvalue weighted by atomic mass is 9.96. The molecule has 2 aromatic carbocycles. The first kappa shape index (κ1) is 23.1. The summed E-state index contributed by atoms with van der Waals surface area (Å²) in [6.45, 7) is 3.50. The Kier molecular flexibility index (Phi) is 6.11. The zero-order valence-corrected chi connectivity index (χ0v) is 18.6. The molecule has 1 aliphatic heterocycles. The fraction of sp³-hybridized carbons (Fsp3) is 0.304. The third-order valence-electron chi connectivity index (χ3n) is 5.64. The fourth-order valence-electron chi connectivity index (χ4n) is 3.79. The van der Waals surface area contributed by atoms with Crippen LogP contribution in [0.2, 0.25) is 5.02 Å². The number of carbonyl (C=O) groups excluding carboxylic acids is 1. The number of aliphatic hydroxyl groups excluding tert-OH is 1. The van der Waals surface area contributed by atoms with Crippen molar-refractivity contribution in [1.29, 1.82) is 0 Å². The van der Waals surface area contributed by atoms with E-state index in [9.17, 15) is 23.1 Å². The number of aryl methyl sites for hydroxylation is 1. The van der Waals surface area contributed by atoms with Gasteiger partial charge in [-0.3, -0.25) is 4.79 Å². The zero-order chi connectivity index (χ0) is 23.9. The predicted molar refractivity (Wildman–Crippen MR) is 120 cm³/mol. The first-order valence-electron chi connectivity index (χ1n) is 10.3. The summed E-state index contributed by atoms with van der Waals surface area (Å²) in [6.07, 6.45) is -5.55. The van der Waals surface area contributed by atoms with E-state index in [1.807, 2.05) is 19.1 Å². The van der Waals surface area contributed by atoms with E-state index in [0.717, 1.165) is 10.2 Å². The van der Waals surface area contributed by atoms with Crippen molar-refractivity contribution < 1.29 is 23.1 Å². The lowest BCUT2D eigenvalue weighted by molar-refractivity contribution is -0.173. The van der Waals surface area contributed by atoms with Gasteiger partial charge in [-0.1, -0.05) is 53.6 Å². The molecule has 0 saturated carbocycles. The second kappa shape index (κ2) is 8.72. The minimum absolute atomic E-state index is 0.0505. The summed E-state index contributed by atoms with van der Waals surface area (Å²) in [5, 5.41) is 19.0. The number of alkyl halides is 3. The van der Waals surface area contributed by atoms with Crippen LogP contribution in [0.25, 0.3) is 0 Å². The number of aliphatic hydroxyl groups is 1. The molecule has 1 aliphatic rings. The van der Waals surface area contributed by atoms with Gasteiger partial charge in [0, 0.05) is 12.1 Å². The molecule has 3 unspecified atom stereocenters. The van der Waals surface area contributed by atoms with E-state index < -0.39 is 30.3 Å². The molecule has 6 nitrogen and oxygen atoms in total. The molecule has 10 heteroatoms. The zero-order valence-electron chi connectivity index (χ0n) is 17.8. The molecule has 174 valence electrons. The van der Waals surface area contributed by atoms with Crippen LogP contribution in [0.5, 0.6) is 0 Å². The molecule has 0 radical (unpaired) electrons. The number of fused-ring (bicyclic) bond motifs is 1. The van der Waals surface area contributed by atoms with Gasteiger partial charge in [0.15, 0.2) is 11.7 Å². The molecule has 4 rings (SSSR count). The Bertz CT molecular complexity index is 1160. The quantitative estimate of drug-likeness (QED) is 0.442. The van der Waals surface area contributed by atoms with Gasteiger partial charge in [-0.25, -0.2) is 4.68 Å². The van der Waals surface area contributed by atoms with Gasteiger partial charge < -0.3 is 15.7 Å². The Labute approximate surface area is 193 Å². The molecular formula is C23H22ClF3N4O2. The van der Waals surface area contributed by atoms with E-state index in [1.165, 1.54) is 0 Å². The van der Waals surface area contributed by atoms with Crippen molar-refractivity contribution >= 4 is 29.0 Å². The molecule has 33 heavy (non-hydrogen) atoms. The molecule has 0 fully saturated rings. The van der Waals surface area contributed by atoms with Crippen LogP contribution in [0.15, 0.2) is 48.5 Å². The van der Waals surface area contributed by atoms with Gasteiger partial charge in [0.1, 0.15) is 10.8 Å². The van der Waals surface area contributed by atoms with Gasteiger partial charge in [0.25, 0.3) is 5.91 Å². The van der Waals surface area contributed by atoms with Crippen LogP contribution in [0.3, 0.4) is 0 Å². The highest BCUT2D eigenvalue weighted by Gasteiger charge is 2.47. The molecule has 3 N–H and O–H groups in total. The van der Waals surface area contributed by atoms with Gasteiger partial charge in [0.2, 0.25) is 0 Å². The number of nitrogens with zero attached hydrogens (tertiary/aromatic N) is 2. The van der Waals surface area contributed by atoms with E-state index in [2.05, 4.69) is 15.7 Å². The summed E-state index contributed by atoms with van der Waals surface area (Å²) in [6, 6.07) is 11.0. The van der Waals surface area contributed by atoms with Gasteiger partial charge in [-0.2, -0.15) is 18.3 Å². The number of aromatic nitrogens is 2. The summed E-state index contributed by atoms with van der Waals surface area (Å²) < 4.78 is 42.5. The highest BCUT2D eigenvalue weighted by molar-refractivity contribution is 6.36. The second-order valence-electron chi connectivity index (χ2n) is 8.11. The summed E-state index contributed by atoms with van der Waals surface area (Å²) in [5.74, 6) is -0.785. The summed E-state index contributed by atoms with van der Waals surface area (Å²) in [4.78, 5) is 12.8. The van der Waals surface area contributed by atoms with Crippen LogP contribution in [0.1, 0.15) is 58.7 Å². The number of amides is 1. The highest BCUT2D eigenvalue weighted by Crippen LogP contribution is 2.46. The van der Waals surface area contributed by atoms with E-state index in [-0.39, 0.29) is 23.0 Å². The van der Waals surface area contributed by atoms with Gasteiger partial charge in [-0.15, -0.1) is 0 Å². The van der Waals surface area contributed by atoms with Crippen LogP contribution in [-0.4, -0.2) is 27.0 Å². The minimum Gasteiger partial charge on any atom is -0.389 e. The molecule has 2 heterocycles. The van der Waals surface area contributed by atoms with E-state index in [4.69, 9.17) is 11.6 Å². The number of rotatable bonds is 4. The van der Waals surface area contributed by atoms with Crippen molar-refractivity contribution in [3.8, 4) is 0 Å². The third-order valence-corrected chi connectivity index (χ3v) is 6.00. The predicted octanol–water partition coefficient (Wildman–Crippen LogP) is 5.81. The van der Waals surface area contributed by atoms with Crippen LogP contribution in [0, 0.1) is 6.92 Å². The normalized spacial score (nSPS) is 18.9. The lowest BCUT2D eigenvalue weighted by Crippen LogP contribution is -2.35. The van der Waals surface area contributed by atoms with Crippen molar-refractivity contribution in [3.05, 3.63) is 75.9 Å². The topological polar surface area (TPSA) is 79.2 Å². The molecular weight excluding hydrogens is 457 g/mol. The fourth-order valence-corrected chi connectivity index (χ4v) is 4.05. The molecule has 1 aromatic heterocycles. The Balaban J connectivity index is 1.65. The van der Waals surface area contributed by atoms with Crippen molar-refractivity contribution in [2.75, 3.05) is 10.6 Å². The Morgan fingerprint density at radius 3 is 2.42 bits per heavy atom. The number of hydrogen-bond acceptors (Lipinski definition) is 4. The highest BCUT2D eigenvalue weighted by atomic mass is 35.5. The smallest absolute Gasteiger partial charge is 0.389 e. The van der Waals surface area contributed by atoms with E-state index in [0.29, 0.717) is 16.8 Å². The van der Waals surface area contributed by atoms with Crippen molar-refractivity contribution in [1.82, 2.24) is 9.78 Å². The van der Waals surface area contributed by atoms with Gasteiger partial charge in [0.05, 0.1) is 12.1 Å². The Morgan fingerprint density at radius 1 is 1.21 bits per heavy atom. The van der Waals surface area contributed by atoms with Crippen LogP contribution >= 0.6 is 11.6 Å². The first-order chi connectivity index (χ1) is 15.5. The maximum atomic E-state index is 13.9. The summed E-state index contributed by atoms with van der Waals surface area (Å²) in [7, 11) is 0. The van der Waals surface area contributed by atoms with Crippen molar-refractivity contribution in [2.24, 2.45) is 0 Å². The summed E-state index contributed by atoms with van der Waals surface area (Å²) >= 11 is 6.36. The van der Waals surface area contributed by atoms with Gasteiger partial charge in [-0.05, 0) is 37.1 Å². The second-order valence-corrected chi connectivity index (χ2v) is 8.49. The molecule has 0 spiro atoms. The maximum absolute atomic E-state index is 13.9. The van der Waals surface area contributed by atoms with Crippen LogP contribution in [0.4, 0.5) is 24.7 Å². The Hall–Kier alpha value is -3.04. The number of benzene rings is 2. The van der Waals surface area contributed by atoms with E-state index >= 15 is 0 Å². The first-order valence-corrected chi connectivity index (χ1v) is 10.7. The Morgan fingerprint density at radius 2 is 1.85 bits per heavy atom. The largest absolute Gasteiger partial charge is 0.410 e. The molecule has 0 bridgehead atoms. The minimum atomic E-state index is -4.58. The molecule has 1 amide bonds. The molecule has 0 saturated heterocycles. The number of hydrogen-bond donors (Lipinski definition) is 3. The van der Waals surface area contributed by atoms with E-state index in [1.54, 1.807) is 43.3 Å². The monoisotopic (exact) mass is 478 g/mol. The van der Waals surface area contributed by atoms with Gasteiger partial charge >= 0.3 is 6.18 Å². The van der Waals surface area contributed by atoms with Crippen LogP contribution < -0.4 is 10.6 Å². The van der Waals surface area contributed by atoms with Crippen LogP contribution in [-0.2, 0) is 0 Å². The standard InChI is InChI=1S/C23H22ClF3N4O2/c1-12-3-5-15(6-4-12)17-11-18(23(25,26)27)31-21(29-17)19(24)20(30-31)22(33)28-16-9-7-14(8-10-16)13(2)32/h3-10,13,17-18,29,32H,11H2,1-2H3,(H,28,33). The molecule has 3 aromatic rings. The SMILES string of the molecule is Cc1ccc(C2CC(C(F)(F)F)n3nc(C(=O)Nc4ccc(C(C)O)cc4)c(Cl)c3N2)cc1. The maximum Gasteiger partial charge on any atom is 0.410 e. The molecule has 3 atom stereocenters. The van der Waals surface area contributed by atoms with Crippen molar-refractivity contribution in [3.63, 3.8) is 0 Å². The average molecular weight is 479 g/mol. The number of nitrogens with one attached hydrogen (secondary N) is 2. The molecule has 0 aliphatic carbocycles. The average Bonchev–Trinajstić information content (AvgIpc) is 3.10. The summed E-state index contributed by atoms with van der Waals surface area (Å²) in [5.41, 5.74) is 2.41. The number of halogens is 4. The van der Waals surface area contributed by atoms with Crippen molar-refractivity contribution in [2.45, 2.75) is 44.6 Å². The number of carbonyl (C=O) groups is 1. The lowest BCUT2D eigenvalue weighted by Gasteiger charge is -2.33.